The van der Waals surface area contributed by atoms with Crippen molar-refractivity contribution in [1.29, 1.82) is 0 Å². The molecule has 26 heavy (non-hydrogen) atoms. The molecular formula is C20H25N3O2S. The van der Waals surface area contributed by atoms with Gasteiger partial charge in [0.05, 0.1) is 0 Å². The first-order valence-corrected chi connectivity index (χ1v) is 9.95. The van der Waals surface area contributed by atoms with Crippen LogP contribution in [0.4, 0.5) is 10.5 Å². The molecule has 0 unspecified atom stereocenters. The van der Waals surface area contributed by atoms with E-state index in [4.69, 9.17) is 0 Å². The van der Waals surface area contributed by atoms with E-state index in [1.165, 1.54) is 4.90 Å². The van der Waals surface area contributed by atoms with Gasteiger partial charge >= 0.3 is 6.03 Å². The van der Waals surface area contributed by atoms with Crippen LogP contribution in [0.3, 0.4) is 0 Å². The number of thioether (sulfide) groups is 1. The molecule has 3 rings (SSSR count). The third kappa shape index (κ3) is 5.33. The van der Waals surface area contributed by atoms with E-state index in [0.29, 0.717) is 19.6 Å². The lowest BCUT2D eigenvalue weighted by atomic mass is 10.2. The van der Waals surface area contributed by atoms with Crippen molar-refractivity contribution >= 4 is 23.5 Å². The van der Waals surface area contributed by atoms with Crippen molar-refractivity contribution in [3.8, 4) is 5.75 Å². The highest BCUT2D eigenvalue weighted by Crippen LogP contribution is 2.20. The summed E-state index contributed by atoms with van der Waals surface area (Å²) < 4.78 is 0. The maximum Gasteiger partial charge on any atom is 0.317 e. The van der Waals surface area contributed by atoms with Gasteiger partial charge in [-0.2, -0.15) is 0 Å². The number of urea groups is 1. The quantitative estimate of drug-likeness (QED) is 0.604. The number of phenols is 1. The number of hydrogen-bond acceptors (Lipinski definition) is 4. The van der Waals surface area contributed by atoms with Gasteiger partial charge in [0.2, 0.25) is 0 Å². The topological polar surface area (TPSA) is 55.8 Å². The Kier molecular flexibility index (Phi) is 6.66. The van der Waals surface area contributed by atoms with Gasteiger partial charge in [0.1, 0.15) is 5.75 Å². The minimum atomic E-state index is 0.0278. The molecule has 1 fully saturated rings. The molecule has 138 valence electrons. The molecule has 2 aromatic rings. The monoisotopic (exact) mass is 371 g/mol. The first kappa shape index (κ1) is 18.5. The Morgan fingerprint density at radius 1 is 1.00 bits per heavy atom. The highest BCUT2D eigenvalue weighted by atomic mass is 32.2. The lowest BCUT2D eigenvalue weighted by Crippen LogP contribution is -2.52. The van der Waals surface area contributed by atoms with Crippen LogP contribution in [0.2, 0.25) is 0 Å². The van der Waals surface area contributed by atoms with Crippen molar-refractivity contribution in [2.45, 2.75) is 11.3 Å². The second-order valence-corrected chi connectivity index (χ2v) is 7.41. The molecule has 0 spiro atoms. The number of amides is 2. The van der Waals surface area contributed by atoms with Gasteiger partial charge in [-0.1, -0.05) is 18.2 Å². The highest BCUT2D eigenvalue weighted by molar-refractivity contribution is 7.99. The summed E-state index contributed by atoms with van der Waals surface area (Å²) in [5.74, 6) is 1.27. The van der Waals surface area contributed by atoms with Gasteiger partial charge in [-0.15, -0.1) is 11.8 Å². The summed E-state index contributed by atoms with van der Waals surface area (Å²) in [7, 11) is 0. The summed E-state index contributed by atoms with van der Waals surface area (Å²) in [5, 5.41) is 12.4. The zero-order valence-electron chi connectivity index (χ0n) is 14.8. The van der Waals surface area contributed by atoms with Gasteiger partial charge in [-0.3, -0.25) is 0 Å². The number of hydrogen-bond donors (Lipinski definition) is 2. The number of nitrogens with one attached hydrogen (secondary N) is 1. The van der Waals surface area contributed by atoms with Crippen LogP contribution in [-0.4, -0.2) is 54.5 Å². The Labute approximate surface area is 159 Å². The minimum Gasteiger partial charge on any atom is -0.508 e. The summed E-state index contributed by atoms with van der Waals surface area (Å²) >= 11 is 1.82. The lowest BCUT2D eigenvalue weighted by molar-refractivity contribution is 0.194. The van der Waals surface area contributed by atoms with Crippen molar-refractivity contribution in [3.05, 3.63) is 54.6 Å². The third-order valence-electron chi connectivity index (χ3n) is 4.39. The molecule has 1 saturated heterocycles. The van der Waals surface area contributed by atoms with Gasteiger partial charge in [0, 0.05) is 43.3 Å². The average Bonchev–Trinajstić information content (AvgIpc) is 2.69. The first-order chi connectivity index (χ1) is 12.7. The summed E-state index contributed by atoms with van der Waals surface area (Å²) in [5.41, 5.74) is 1.08. The fourth-order valence-corrected chi connectivity index (χ4v) is 3.79. The molecule has 0 aromatic heterocycles. The lowest BCUT2D eigenvalue weighted by Gasteiger charge is -2.36. The summed E-state index contributed by atoms with van der Waals surface area (Å²) in [4.78, 5) is 17.7. The Hall–Kier alpha value is -2.34. The predicted molar refractivity (Wildman–Crippen MR) is 107 cm³/mol. The van der Waals surface area contributed by atoms with Gasteiger partial charge in [0.25, 0.3) is 0 Å². The van der Waals surface area contributed by atoms with Crippen molar-refractivity contribution in [1.82, 2.24) is 10.2 Å². The van der Waals surface area contributed by atoms with E-state index in [0.717, 1.165) is 31.0 Å². The maximum atomic E-state index is 12.3. The van der Waals surface area contributed by atoms with Crippen LogP contribution >= 0.6 is 11.8 Å². The Morgan fingerprint density at radius 2 is 1.69 bits per heavy atom. The number of phenolic OH excluding ortho intramolecular Hbond substituents is 1. The summed E-state index contributed by atoms with van der Waals surface area (Å²) in [6, 6.07) is 17.6. The smallest absolute Gasteiger partial charge is 0.317 e. The molecule has 5 nitrogen and oxygen atoms in total. The van der Waals surface area contributed by atoms with Crippen molar-refractivity contribution in [2.75, 3.05) is 43.4 Å². The number of piperazine rings is 1. The molecule has 2 N–H and O–H groups in total. The standard InChI is InChI=1S/C20H25N3O2S/c24-18-9-7-17(8-10-18)22-12-14-23(15-13-22)20(25)21-11-4-16-26-19-5-2-1-3-6-19/h1-3,5-10,24H,4,11-16H2,(H,21,25). The number of nitrogens with zero attached hydrogens (tertiary/aromatic N) is 2. The van der Waals surface area contributed by atoms with Crippen molar-refractivity contribution < 1.29 is 9.90 Å². The summed E-state index contributed by atoms with van der Waals surface area (Å²) in [6.07, 6.45) is 0.957. The normalized spacial score (nSPS) is 14.3. The molecule has 6 heteroatoms. The van der Waals surface area contributed by atoms with Crippen LogP contribution < -0.4 is 10.2 Å². The Morgan fingerprint density at radius 3 is 2.38 bits per heavy atom. The van der Waals surface area contributed by atoms with E-state index in [-0.39, 0.29) is 11.8 Å². The van der Waals surface area contributed by atoms with E-state index >= 15 is 0 Å². The fraction of sp³-hybridized carbons (Fsp3) is 0.350. The van der Waals surface area contributed by atoms with Crippen LogP contribution in [0.1, 0.15) is 6.42 Å². The van der Waals surface area contributed by atoms with Crippen LogP contribution in [0.25, 0.3) is 0 Å². The second kappa shape index (κ2) is 9.38. The SMILES string of the molecule is O=C(NCCCSc1ccccc1)N1CCN(c2ccc(O)cc2)CC1. The van der Waals surface area contributed by atoms with Crippen molar-refractivity contribution in [2.24, 2.45) is 0 Å². The summed E-state index contributed by atoms with van der Waals surface area (Å²) in [6.45, 7) is 3.75. The van der Waals surface area contributed by atoms with Gasteiger partial charge < -0.3 is 20.2 Å². The van der Waals surface area contributed by atoms with Crippen LogP contribution in [0.15, 0.2) is 59.5 Å². The maximum absolute atomic E-state index is 12.3. The molecule has 0 bridgehead atoms. The molecule has 0 aliphatic carbocycles. The van der Waals surface area contributed by atoms with E-state index in [1.54, 1.807) is 12.1 Å². The Balaban J connectivity index is 1.33. The zero-order valence-corrected chi connectivity index (χ0v) is 15.6. The Bertz CT molecular complexity index is 686. The van der Waals surface area contributed by atoms with E-state index in [9.17, 15) is 9.90 Å². The van der Waals surface area contributed by atoms with Gasteiger partial charge in [-0.25, -0.2) is 4.79 Å². The van der Waals surface area contributed by atoms with Gasteiger partial charge in [-0.05, 0) is 48.6 Å². The largest absolute Gasteiger partial charge is 0.508 e. The van der Waals surface area contributed by atoms with E-state index in [2.05, 4.69) is 22.3 Å². The second-order valence-electron chi connectivity index (χ2n) is 6.24. The van der Waals surface area contributed by atoms with Gasteiger partial charge in [0.15, 0.2) is 0 Å². The molecule has 1 aliphatic rings. The number of carbonyl (C=O) groups is 1. The highest BCUT2D eigenvalue weighted by Gasteiger charge is 2.20. The van der Waals surface area contributed by atoms with Crippen molar-refractivity contribution in [3.63, 3.8) is 0 Å². The first-order valence-electron chi connectivity index (χ1n) is 8.97. The minimum absolute atomic E-state index is 0.0278. The third-order valence-corrected chi connectivity index (χ3v) is 5.49. The molecule has 2 amide bonds. The fourth-order valence-electron chi connectivity index (χ4n) is 2.92. The number of aromatic hydroxyl groups is 1. The zero-order chi connectivity index (χ0) is 18.2. The molecule has 0 atom stereocenters. The molecule has 0 radical (unpaired) electrons. The van der Waals surface area contributed by atoms with E-state index < -0.39 is 0 Å². The number of anilines is 1. The number of benzene rings is 2. The molecular weight excluding hydrogens is 346 g/mol. The van der Waals surface area contributed by atoms with Crippen LogP contribution in [0, 0.1) is 0 Å². The molecule has 2 aromatic carbocycles. The molecule has 1 aliphatic heterocycles. The van der Waals surface area contributed by atoms with Crippen LogP contribution in [0.5, 0.6) is 5.75 Å². The average molecular weight is 372 g/mol. The van der Waals surface area contributed by atoms with Crippen LogP contribution in [-0.2, 0) is 0 Å². The molecule has 0 saturated carbocycles. The number of carbonyl (C=O) groups excluding carboxylic acids is 1. The van der Waals surface area contributed by atoms with E-state index in [1.807, 2.05) is 47.0 Å². The predicted octanol–water partition coefficient (Wildman–Crippen LogP) is 3.41. The molecule has 1 heterocycles. The number of rotatable bonds is 6.